The number of nitrogens with one attached hydrogen (secondary N) is 2. The summed E-state index contributed by atoms with van der Waals surface area (Å²) in [5, 5.41) is 6.65. The first kappa shape index (κ1) is 13.3. The van der Waals surface area contributed by atoms with Crippen LogP contribution in [0.4, 0.5) is 0 Å². The van der Waals surface area contributed by atoms with Crippen LogP contribution >= 0.6 is 0 Å². The third-order valence-electron chi connectivity index (χ3n) is 2.90. The first-order valence-electron chi connectivity index (χ1n) is 6.89. The van der Waals surface area contributed by atoms with Gasteiger partial charge in [-0.15, -0.1) is 0 Å². The van der Waals surface area contributed by atoms with E-state index in [-0.39, 0.29) is 0 Å². The second-order valence-electron chi connectivity index (χ2n) is 4.63. The van der Waals surface area contributed by atoms with Crippen LogP contribution < -0.4 is 10.6 Å². The van der Waals surface area contributed by atoms with E-state index in [0.29, 0.717) is 0 Å². The maximum absolute atomic E-state index is 4.58. The Morgan fingerprint density at radius 3 is 2.62 bits per heavy atom. The van der Waals surface area contributed by atoms with Crippen LogP contribution in [0.1, 0.15) is 52.4 Å². The van der Waals surface area contributed by atoms with E-state index in [1.807, 2.05) is 0 Å². The summed E-state index contributed by atoms with van der Waals surface area (Å²) in [7, 11) is 0. The Morgan fingerprint density at radius 1 is 1.19 bits per heavy atom. The number of hydrogen-bond donors (Lipinski definition) is 2. The van der Waals surface area contributed by atoms with E-state index in [1.165, 1.54) is 38.5 Å². The van der Waals surface area contributed by atoms with Crippen molar-refractivity contribution >= 4 is 5.96 Å². The summed E-state index contributed by atoms with van der Waals surface area (Å²) in [6.45, 7) is 7.27. The molecule has 1 rings (SSSR count). The van der Waals surface area contributed by atoms with E-state index < -0.39 is 0 Å². The van der Waals surface area contributed by atoms with E-state index >= 15 is 0 Å². The molecule has 0 unspecified atom stereocenters. The van der Waals surface area contributed by atoms with Gasteiger partial charge in [0.25, 0.3) is 0 Å². The largest absolute Gasteiger partial charge is 0.357 e. The average Bonchev–Trinajstić information content (AvgIpc) is 3.08. The molecule has 0 amide bonds. The molecule has 1 fully saturated rings. The van der Waals surface area contributed by atoms with Gasteiger partial charge in [0.2, 0.25) is 0 Å². The molecule has 0 aromatic carbocycles. The molecule has 3 heteroatoms. The zero-order chi connectivity index (χ0) is 11.6. The third-order valence-corrected chi connectivity index (χ3v) is 2.90. The molecule has 16 heavy (non-hydrogen) atoms. The molecule has 0 aliphatic heterocycles. The van der Waals surface area contributed by atoms with Crippen molar-refractivity contribution in [1.29, 1.82) is 0 Å². The van der Waals surface area contributed by atoms with Gasteiger partial charge in [0.05, 0.1) is 0 Å². The van der Waals surface area contributed by atoms with Crippen molar-refractivity contribution in [2.45, 2.75) is 52.4 Å². The van der Waals surface area contributed by atoms with Crippen LogP contribution in [0.15, 0.2) is 4.99 Å². The van der Waals surface area contributed by atoms with Crippen molar-refractivity contribution in [1.82, 2.24) is 10.6 Å². The summed E-state index contributed by atoms with van der Waals surface area (Å²) in [4.78, 5) is 4.58. The van der Waals surface area contributed by atoms with Gasteiger partial charge in [-0.1, -0.05) is 26.2 Å². The maximum Gasteiger partial charge on any atom is 0.191 e. The smallest absolute Gasteiger partial charge is 0.191 e. The molecule has 0 atom stereocenters. The Hall–Kier alpha value is -0.730. The SMILES string of the molecule is CCCCNC(=NCCCC1CC1)NCC. The number of guanidine groups is 1. The lowest BCUT2D eigenvalue weighted by molar-refractivity contribution is 0.668. The zero-order valence-corrected chi connectivity index (χ0v) is 10.9. The molecule has 94 valence electrons. The minimum atomic E-state index is 0.945. The topological polar surface area (TPSA) is 36.4 Å². The minimum Gasteiger partial charge on any atom is -0.357 e. The van der Waals surface area contributed by atoms with Crippen LogP contribution in [-0.2, 0) is 0 Å². The van der Waals surface area contributed by atoms with Gasteiger partial charge in [0, 0.05) is 19.6 Å². The highest BCUT2D eigenvalue weighted by Crippen LogP contribution is 2.33. The highest BCUT2D eigenvalue weighted by atomic mass is 15.2. The molecule has 3 nitrogen and oxygen atoms in total. The van der Waals surface area contributed by atoms with Gasteiger partial charge in [0.1, 0.15) is 0 Å². The van der Waals surface area contributed by atoms with E-state index in [2.05, 4.69) is 29.5 Å². The summed E-state index contributed by atoms with van der Waals surface area (Å²) in [6.07, 6.45) is 7.98. The third kappa shape index (κ3) is 6.70. The Labute approximate surface area is 100 Å². The Bertz CT molecular complexity index is 197. The highest BCUT2D eigenvalue weighted by molar-refractivity contribution is 5.79. The average molecular weight is 225 g/mol. The summed E-state index contributed by atoms with van der Waals surface area (Å²) in [5.41, 5.74) is 0. The monoisotopic (exact) mass is 225 g/mol. The second-order valence-corrected chi connectivity index (χ2v) is 4.63. The molecule has 0 saturated heterocycles. The number of rotatable bonds is 8. The standard InChI is InChI=1S/C13H27N3/c1-3-5-10-15-13(14-4-2)16-11-6-7-12-8-9-12/h12H,3-11H2,1-2H3,(H2,14,15,16). The molecule has 2 N–H and O–H groups in total. The quantitative estimate of drug-likeness (QED) is 0.378. The number of hydrogen-bond acceptors (Lipinski definition) is 1. The number of nitrogens with zero attached hydrogens (tertiary/aromatic N) is 1. The van der Waals surface area contributed by atoms with Crippen LogP contribution in [0.25, 0.3) is 0 Å². The van der Waals surface area contributed by atoms with Gasteiger partial charge in [-0.2, -0.15) is 0 Å². The van der Waals surface area contributed by atoms with Crippen molar-refractivity contribution in [2.24, 2.45) is 10.9 Å². The highest BCUT2D eigenvalue weighted by Gasteiger charge is 2.19. The fraction of sp³-hybridized carbons (Fsp3) is 0.923. The van der Waals surface area contributed by atoms with E-state index in [0.717, 1.165) is 31.5 Å². The fourth-order valence-electron chi connectivity index (χ4n) is 1.70. The minimum absolute atomic E-state index is 0.945. The van der Waals surface area contributed by atoms with E-state index in [4.69, 9.17) is 0 Å². The predicted molar refractivity (Wildman–Crippen MR) is 70.8 cm³/mol. The Kier molecular flexibility index (Phi) is 7.02. The van der Waals surface area contributed by atoms with E-state index in [9.17, 15) is 0 Å². The van der Waals surface area contributed by atoms with Crippen molar-refractivity contribution in [2.75, 3.05) is 19.6 Å². The predicted octanol–water partition coefficient (Wildman–Crippen LogP) is 2.53. The number of aliphatic imine (C=N–C) groups is 1. The van der Waals surface area contributed by atoms with Crippen LogP contribution in [0.5, 0.6) is 0 Å². The Morgan fingerprint density at radius 2 is 2.00 bits per heavy atom. The Balaban J connectivity index is 2.09. The molecule has 1 aliphatic rings. The van der Waals surface area contributed by atoms with Crippen LogP contribution in [-0.4, -0.2) is 25.6 Å². The molecular formula is C13H27N3. The lowest BCUT2D eigenvalue weighted by Gasteiger charge is -2.10. The van der Waals surface area contributed by atoms with Gasteiger partial charge >= 0.3 is 0 Å². The maximum atomic E-state index is 4.58. The zero-order valence-electron chi connectivity index (χ0n) is 10.9. The summed E-state index contributed by atoms with van der Waals surface area (Å²) >= 11 is 0. The van der Waals surface area contributed by atoms with Crippen LogP contribution in [0.3, 0.4) is 0 Å². The summed E-state index contributed by atoms with van der Waals surface area (Å²) in [6, 6.07) is 0. The number of unbranched alkanes of at least 4 members (excludes halogenated alkanes) is 1. The van der Waals surface area contributed by atoms with Crippen LogP contribution in [0.2, 0.25) is 0 Å². The normalized spacial score (nSPS) is 16.2. The molecule has 1 aliphatic carbocycles. The van der Waals surface area contributed by atoms with Gasteiger partial charge in [0.15, 0.2) is 5.96 Å². The second kappa shape index (κ2) is 8.43. The first-order chi connectivity index (χ1) is 7.86. The van der Waals surface area contributed by atoms with Gasteiger partial charge in [-0.3, -0.25) is 4.99 Å². The molecule has 1 saturated carbocycles. The van der Waals surface area contributed by atoms with Crippen molar-refractivity contribution < 1.29 is 0 Å². The molecule has 0 radical (unpaired) electrons. The van der Waals surface area contributed by atoms with Gasteiger partial charge in [-0.05, 0) is 32.1 Å². The van der Waals surface area contributed by atoms with Crippen LogP contribution in [0, 0.1) is 5.92 Å². The first-order valence-corrected chi connectivity index (χ1v) is 6.89. The fourth-order valence-corrected chi connectivity index (χ4v) is 1.70. The summed E-state index contributed by atoms with van der Waals surface area (Å²) < 4.78 is 0. The van der Waals surface area contributed by atoms with Crippen molar-refractivity contribution in [3.05, 3.63) is 0 Å². The molecule has 0 aromatic heterocycles. The molecular weight excluding hydrogens is 198 g/mol. The van der Waals surface area contributed by atoms with Gasteiger partial charge in [-0.25, -0.2) is 0 Å². The van der Waals surface area contributed by atoms with Crippen molar-refractivity contribution in [3.63, 3.8) is 0 Å². The van der Waals surface area contributed by atoms with Gasteiger partial charge < -0.3 is 10.6 Å². The lowest BCUT2D eigenvalue weighted by Crippen LogP contribution is -2.37. The molecule has 0 bridgehead atoms. The van der Waals surface area contributed by atoms with E-state index in [1.54, 1.807) is 0 Å². The molecule has 0 aromatic rings. The molecule has 0 heterocycles. The summed E-state index contributed by atoms with van der Waals surface area (Å²) in [5.74, 6) is 2.03. The van der Waals surface area contributed by atoms with Crippen molar-refractivity contribution in [3.8, 4) is 0 Å². The molecule has 0 spiro atoms. The lowest BCUT2D eigenvalue weighted by atomic mass is 10.2.